The van der Waals surface area contributed by atoms with Crippen LogP contribution in [0.2, 0.25) is 0 Å². The number of likely N-dealkylation sites (tertiary alicyclic amines) is 1. The summed E-state index contributed by atoms with van der Waals surface area (Å²) in [5.74, 6) is 1.54. The number of rotatable bonds is 8. The number of nitrogens with zero attached hydrogens (tertiary/aromatic N) is 2. The van der Waals surface area contributed by atoms with E-state index < -0.39 is 23.2 Å². The van der Waals surface area contributed by atoms with Crippen molar-refractivity contribution < 1.29 is 19.0 Å². The molecule has 0 aromatic heterocycles. The second-order valence-corrected chi connectivity index (χ2v) is 10.5. The Kier molecular flexibility index (Phi) is 7.90. The second-order valence-electron chi connectivity index (χ2n) is 10.1. The molecule has 0 amide bonds. The Hall–Kier alpha value is -2.23. The molecule has 3 rings (SSSR count). The van der Waals surface area contributed by atoms with Gasteiger partial charge >= 0.3 is 12.8 Å². The summed E-state index contributed by atoms with van der Waals surface area (Å²) in [5, 5.41) is 12.2. The zero-order valence-corrected chi connectivity index (χ0v) is 21.6. The molecule has 0 bridgehead atoms. The lowest BCUT2D eigenvalue weighted by Crippen LogP contribution is -2.46. The molecule has 186 valence electrons. The maximum absolute atomic E-state index is 11.4. The monoisotopic (exact) mass is 491 g/mol. The Labute approximate surface area is 207 Å². The number of nitro groups is 1. The molecule has 2 aliphatic heterocycles. The largest absolute Gasteiger partial charge is 0.495 e. The minimum Gasteiger partial charge on any atom is -0.490 e. The average molecular weight is 492 g/mol. The highest BCUT2D eigenvalue weighted by Crippen LogP contribution is 2.43. The van der Waals surface area contributed by atoms with Crippen molar-refractivity contribution in [1.29, 1.82) is 0 Å². The summed E-state index contributed by atoms with van der Waals surface area (Å²) >= 11 is 6.23. The fourth-order valence-corrected chi connectivity index (χ4v) is 4.53. The van der Waals surface area contributed by atoms with Crippen LogP contribution in [0.15, 0.2) is 41.2 Å². The van der Waals surface area contributed by atoms with E-state index in [1.165, 1.54) is 13.2 Å². The predicted molar refractivity (Wildman–Crippen MR) is 135 cm³/mol. The van der Waals surface area contributed by atoms with Crippen LogP contribution < -0.4 is 15.9 Å². The molecule has 2 atom stereocenters. The van der Waals surface area contributed by atoms with Gasteiger partial charge in [-0.3, -0.25) is 10.1 Å². The molecule has 0 radical (unpaired) electrons. The molecule has 34 heavy (non-hydrogen) atoms. The molecule has 0 saturated carbocycles. The van der Waals surface area contributed by atoms with Gasteiger partial charge in [0.25, 0.3) is 0 Å². The van der Waals surface area contributed by atoms with Crippen molar-refractivity contribution >= 4 is 29.9 Å². The van der Waals surface area contributed by atoms with Crippen LogP contribution in [0, 0.1) is 22.0 Å². The summed E-state index contributed by atoms with van der Waals surface area (Å²) in [7, 11) is 0.711. The number of hydrogen-bond donors (Lipinski definition) is 1. The van der Waals surface area contributed by atoms with E-state index in [4.69, 9.17) is 31.4 Å². The Balaban J connectivity index is 1.71. The van der Waals surface area contributed by atoms with Gasteiger partial charge in [-0.25, -0.2) is 0 Å². The van der Waals surface area contributed by atoms with Gasteiger partial charge in [0.1, 0.15) is 0 Å². The molecule has 1 aromatic carbocycles. The first-order chi connectivity index (χ1) is 15.9. The quantitative estimate of drug-likeness (QED) is 0.252. The van der Waals surface area contributed by atoms with Crippen molar-refractivity contribution in [2.75, 3.05) is 20.2 Å². The summed E-state index contributed by atoms with van der Waals surface area (Å²) in [4.78, 5) is 13.2. The van der Waals surface area contributed by atoms with Crippen LogP contribution in [0.3, 0.4) is 0 Å². The van der Waals surface area contributed by atoms with Gasteiger partial charge in [-0.05, 0) is 69.1 Å². The third-order valence-electron chi connectivity index (χ3n) is 7.01. The van der Waals surface area contributed by atoms with Crippen molar-refractivity contribution in [3.05, 3.63) is 51.3 Å². The molecule has 0 spiro atoms. The van der Waals surface area contributed by atoms with Crippen LogP contribution in [0.25, 0.3) is 0 Å². The summed E-state index contributed by atoms with van der Waals surface area (Å²) in [6, 6.07) is 4.79. The van der Waals surface area contributed by atoms with Crippen LogP contribution in [0.4, 0.5) is 5.69 Å². The summed E-state index contributed by atoms with van der Waals surface area (Å²) < 4.78 is 17.8. The molecule has 0 aliphatic carbocycles. The van der Waals surface area contributed by atoms with Crippen LogP contribution >= 0.6 is 11.6 Å². The van der Waals surface area contributed by atoms with Gasteiger partial charge in [-0.1, -0.05) is 31.5 Å². The van der Waals surface area contributed by atoms with E-state index >= 15 is 0 Å². The molecule has 2 saturated heterocycles. The zero-order valence-electron chi connectivity index (χ0n) is 20.8. The molecule has 2 fully saturated rings. The fraction of sp³-hybridized carbons (Fsp3) is 0.583. The van der Waals surface area contributed by atoms with Crippen molar-refractivity contribution in [1.82, 2.24) is 4.90 Å². The number of halogens is 1. The molecule has 10 heteroatoms. The van der Waals surface area contributed by atoms with Crippen LogP contribution in [-0.2, 0) is 9.31 Å². The minimum atomic E-state index is -0.699. The lowest BCUT2D eigenvalue weighted by atomic mass is 9.78. The third-order valence-corrected chi connectivity index (χ3v) is 7.57. The maximum atomic E-state index is 11.4. The summed E-state index contributed by atoms with van der Waals surface area (Å²) in [6.07, 6.45) is 5.51. The molecular weight excluding hydrogens is 457 g/mol. The zero-order chi connectivity index (χ0) is 25.3. The van der Waals surface area contributed by atoms with Crippen molar-refractivity contribution in [3.63, 3.8) is 0 Å². The van der Waals surface area contributed by atoms with Gasteiger partial charge in [0.05, 0.1) is 29.1 Å². The van der Waals surface area contributed by atoms with E-state index in [1.54, 1.807) is 12.1 Å². The maximum Gasteiger partial charge on any atom is 0.495 e. The Morgan fingerprint density at radius 1 is 1.38 bits per heavy atom. The van der Waals surface area contributed by atoms with Gasteiger partial charge in [-0.2, -0.15) is 0 Å². The first kappa shape index (κ1) is 26.4. The van der Waals surface area contributed by atoms with Gasteiger partial charge in [0.15, 0.2) is 5.75 Å². The van der Waals surface area contributed by atoms with Crippen LogP contribution in [0.5, 0.6) is 5.75 Å². The van der Waals surface area contributed by atoms with Crippen LogP contribution in [0.1, 0.15) is 47.5 Å². The number of nitro benzene ring substituents is 1. The van der Waals surface area contributed by atoms with Crippen molar-refractivity contribution in [2.24, 2.45) is 17.6 Å². The summed E-state index contributed by atoms with van der Waals surface area (Å²) in [5.41, 5.74) is 5.62. The molecule has 2 heterocycles. The second kappa shape index (κ2) is 10.2. The number of allylic oxidation sites excluding steroid dienone is 3. The smallest absolute Gasteiger partial charge is 0.490 e. The molecule has 1 aromatic rings. The van der Waals surface area contributed by atoms with E-state index in [1.807, 2.05) is 39.8 Å². The lowest BCUT2D eigenvalue weighted by molar-refractivity contribution is -0.385. The van der Waals surface area contributed by atoms with E-state index in [2.05, 4.69) is 11.8 Å². The van der Waals surface area contributed by atoms with Crippen molar-refractivity contribution in [2.45, 2.75) is 58.7 Å². The third kappa shape index (κ3) is 5.53. The lowest BCUT2D eigenvalue weighted by Gasteiger charge is -2.38. The molecule has 8 nitrogen and oxygen atoms in total. The SMILES string of the molecule is COc1ccc(B2OC(C)(C)C(C)(CC3CCN(/C(N)=C/C=C(/Cl)C(C)C)C3)O2)cc1[N+](=O)[O-]. The summed E-state index contributed by atoms with van der Waals surface area (Å²) in [6.45, 7) is 11.8. The number of methoxy groups -OCH3 is 1. The highest BCUT2D eigenvalue weighted by molar-refractivity contribution is 6.62. The first-order valence-electron chi connectivity index (χ1n) is 11.6. The Morgan fingerprint density at radius 3 is 2.71 bits per heavy atom. The van der Waals surface area contributed by atoms with Gasteiger partial charge in [0, 0.05) is 24.2 Å². The Morgan fingerprint density at radius 2 is 2.09 bits per heavy atom. The Bertz CT molecular complexity index is 983. The molecule has 2 N–H and O–H groups in total. The van der Waals surface area contributed by atoms with Gasteiger partial charge in [-0.15, -0.1) is 0 Å². The minimum absolute atomic E-state index is 0.112. The molecule has 2 aliphatic rings. The first-order valence-corrected chi connectivity index (χ1v) is 12.0. The van der Waals surface area contributed by atoms with Crippen LogP contribution in [-0.4, -0.2) is 48.3 Å². The topological polar surface area (TPSA) is 100 Å². The number of ether oxygens (including phenoxy) is 1. The predicted octanol–water partition coefficient (Wildman–Crippen LogP) is 4.17. The number of nitrogens with two attached hydrogens (primary N) is 1. The van der Waals surface area contributed by atoms with Gasteiger partial charge < -0.3 is 24.7 Å². The highest BCUT2D eigenvalue weighted by Gasteiger charge is 2.55. The molecule has 2 unspecified atom stereocenters. The van der Waals surface area contributed by atoms with E-state index in [0.717, 1.165) is 31.0 Å². The standard InChI is InChI=1S/C24H35BClN3O5/c1-16(2)19(26)8-10-22(27)28-12-11-17(15-28)14-24(5)23(3,4)33-25(34-24)18-7-9-21(32-6)20(13-18)29(30)31/h7-10,13,16-17H,11-12,14-15,27H2,1-6H3/b19-8+,22-10+. The van der Waals surface area contributed by atoms with E-state index in [9.17, 15) is 10.1 Å². The van der Waals surface area contributed by atoms with Gasteiger partial charge in [0.2, 0.25) is 0 Å². The molecular formula is C24H35BClN3O5. The van der Waals surface area contributed by atoms with E-state index in [0.29, 0.717) is 17.2 Å². The average Bonchev–Trinajstić information content (AvgIpc) is 3.32. The fourth-order valence-electron chi connectivity index (χ4n) is 4.47. The van der Waals surface area contributed by atoms with E-state index in [-0.39, 0.29) is 17.4 Å². The van der Waals surface area contributed by atoms with Crippen molar-refractivity contribution in [3.8, 4) is 5.75 Å². The number of benzene rings is 1. The highest BCUT2D eigenvalue weighted by atomic mass is 35.5. The normalized spacial score (nSPS) is 25.4. The number of hydrogen-bond acceptors (Lipinski definition) is 7.